The maximum Gasteiger partial charge on any atom is 3.00 e. The van der Waals surface area contributed by atoms with Crippen molar-refractivity contribution >= 4 is 154 Å². The van der Waals surface area contributed by atoms with Gasteiger partial charge in [0.15, 0.2) is 0 Å². The Morgan fingerprint density at radius 3 is 0.925 bits per heavy atom. The molecule has 6 aromatic rings. The molecule has 0 spiro atoms. The molecule has 198 valence electrons. The summed E-state index contributed by atoms with van der Waals surface area (Å²) >= 11 is 19.7. The van der Waals surface area contributed by atoms with E-state index in [1.165, 1.54) is 0 Å². The van der Waals surface area contributed by atoms with Crippen LogP contribution in [-0.4, -0.2) is 40.8 Å². The molecule has 0 N–H and O–H groups in total. The molecule has 0 saturated carbocycles. The number of fused-ring (bicyclic) bond motifs is 3. The van der Waals surface area contributed by atoms with Crippen LogP contribution in [0.2, 0.25) is 0 Å². The second kappa shape index (κ2) is 15.0. The number of aromatic nitrogens is 3. The summed E-state index contributed by atoms with van der Waals surface area (Å²) in [5.74, 6) is -0.212. The summed E-state index contributed by atoms with van der Waals surface area (Å²) in [6, 6.07) is 16.2. The Morgan fingerprint density at radius 2 is 0.675 bits per heavy atom. The van der Waals surface area contributed by atoms with Crippen molar-refractivity contribution in [1.29, 1.82) is 0 Å². The molecule has 0 aliphatic rings. The van der Waals surface area contributed by atoms with Crippen molar-refractivity contribution in [2.45, 2.75) is 0 Å². The first kappa shape index (κ1) is 33.5. The molecule has 0 aliphatic heterocycles. The molecule has 13 heteroatoms. The molecule has 0 radical (unpaired) electrons. The fourth-order valence-electron chi connectivity index (χ4n) is 3.44. The van der Waals surface area contributed by atoms with Crippen LogP contribution in [0.1, 0.15) is 0 Å². The number of hydrogen-bond donors (Lipinski definition) is 0. The zero-order valence-electron chi connectivity index (χ0n) is 19.8. The summed E-state index contributed by atoms with van der Waals surface area (Å²) in [5, 5.41) is 37.2. The van der Waals surface area contributed by atoms with Crippen LogP contribution >= 0.6 is 95.6 Å². The van der Waals surface area contributed by atoms with Gasteiger partial charge in [-0.3, -0.25) is 15.0 Å². The summed E-state index contributed by atoms with van der Waals surface area (Å²) in [6.07, 6.45) is 4.84. The summed E-state index contributed by atoms with van der Waals surface area (Å²) in [7, 11) is 0. The molecule has 0 bridgehead atoms. The van der Waals surface area contributed by atoms with Crippen molar-refractivity contribution in [1.82, 2.24) is 15.0 Å². The second-order valence-electron chi connectivity index (χ2n) is 7.71. The van der Waals surface area contributed by atoms with Crippen LogP contribution in [-0.2, 0) is 0 Å². The SMILES string of the molecule is [In+3].[O-]c1c(Br)cc(Br)c2cccnc12.[O-]c1c(Br)cc(Br)c2cccnc12.[O-]c1c(Br)cc(Br)c2cccnc12. The van der Waals surface area contributed by atoms with Gasteiger partial charge < -0.3 is 15.3 Å². The van der Waals surface area contributed by atoms with E-state index in [1.54, 1.807) is 55.0 Å². The number of nitrogens with zero attached hydrogens (tertiary/aromatic N) is 3. The van der Waals surface area contributed by atoms with Gasteiger partial charge in [0.05, 0.1) is 16.6 Å². The molecular formula is C27H12Br6InN3O3. The van der Waals surface area contributed by atoms with Crippen LogP contribution < -0.4 is 15.3 Å². The van der Waals surface area contributed by atoms with Crippen LogP contribution in [0.15, 0.2) is 100 Å². The van der Waals surface area contributed by atoms with Crippen LogP contribution in [0.5, 0.6) is 17.2 Å². The van der Waals surface area contributed by atoms with E-state index in [0.29, 0.717) is 30.0 Å². The zero-order chi connectivity index (χ0) is 28.3. The fraction of sp³-hybridized carbons (Fsp3) is 0. The van der Waals surface area contributed by atoms with E-state index < -0.39 is 0 Å². The summed E-state index contributed by atoms with van der Waals surface area (Å²) in [4.78, 5) is 12.1. The average Bonchev–Trinajstić information content (AvgIpc) is 2.94. The zero-order valence-corrected chi connectivity index (χ0v) is 32.7. The molecule has 40 heavy (non-hydrogen) atoms. The van der Waals surface area contributed by atoms with Crippen molar-refractivity contribution in [2.24, 2.45) is 0 Å². The van der Waals surface area contributed by atoms with Crippen LogP contribution in [0.3, 0.4) is 0 Å². The van der Waals surface area contributed by atoms with Gasteiger partial charge in [0, 0.05) is 61.6 Å². The molecule has 0 atom stereocenters. The van der Waals surface area contributed by atoms with Gasteiger partial charge in [-0.15, -0.1) is 0 Å². The van der Waals surface area contributed by atoms with Gasteiger partial charge >= 0.3 is 25.8 Å². The Hall–Kier alpha value is -0.960. The van der Waals surface area contributed by atoms with E-state index >= 15 is 0 Å². The van der Waals surface area contributed by atoms with Gasteiger partial charge in [0.1, 0.15) is 0 Å². The average molecular weight is 1020 g/mol. The molecule has 3 aromatic carbocycles. The van der Waals surface area contributed by atoms with Gasteiger partial charge in [-0.25, -0.2) is 0 Å². The van der Waals surface area contributed by atoms with Gasteiger partial charge in [-0.2, -0.15) is 0 Å². The summed E-state index contributed by atoms with van der Waals surface area (Å²) in [6.45, 7) is 0. The Labute approximate surface area is 298 Å². The van der Waals surface area contributed by atoms with Crippen LogP contribution in [0, 0.1) is 0 Å². The van der Waals surface area contributed by atoms with E-state index in [0.717, 1.165) is 29.6 Å². The third-order valence-corrected chi connectivity index (χ3v) is 8.99. The number of rotatable bonds is 0. The maximum absolute atomic E-state index is 11.6. The predicted molar refractivity (Wildman–Crippen MR) is 176 cm³/mol. The Morgan fingerprint density at radius 1 is 0.425 bits per heavy atom. The normalized spacial score (nSPS) is 10.3. The van der Waals surface area contributed by atoms with Gasteiger partial charge in [0.2, 0.25) is 0 Å². The summed E-state index contributed by atoms with van der Waals surface area (Å²) < 4.78 is 4.23. The summed E-state index contributed by atoms with van der Waals surface area (Å²) in [5.41, 5.74) is 1.47. The largest absolute Gasteiger partial charge is 3.00 e. The topological polar surface area (TPSA) is 108 Å². The quantitative estimate of drug-likeness (QED) is 0.152. The molecule has 6 rings (SSSR count). The van der Waals surface area contributed by atoms with Crippen molar-refractivity contribution < 1.29 is 15.3 Å². The van der Waals surface area contributed by atoms with Gasteiger partial charge in [-0.1, -0.05) is 131 Å². The minimum atomic E-state index is -0.0706. The first-order valence-electron chi connectivity index (χ1n) is 10.8. The van der Waals surface area contributed by atoms with Crippen molar-refractivity contribution in [3.05, 3.63) is 100 Å². The van der Waals surface area contributed by atoms with Crippen molar-refractivity contribution in [2.75, 3.05) is 0 Å². The molecular weight excluding hydrogens is 1010 g/mol. The molecule has 6 nitrogen and oxygen atoms in total. The molecule has 0 aliphatic carbocycles. The van der Waals surface area contributed by atoms with E-state index in [1.807, 2.05) is 18.2 Å². The monoisotopic (exact) mass is 1010 g/mol. The third-order valence-electron chi connectivity index (χ3n) is 5.25. The van der Waals surface area contributed by atoms with Crippen LogP contribution in [0.25, 0.3) is 32.7 Å². The minimum absolute atomic E-state index is 0. The second-order valence-corrected chi connectivity index (χ2v) is 12.8. The van der Waals surface area contributed by atoms with Gasteiger partial charge in [0.25, 0.3) is 0 Å². The Balaban J connectivity index is 0.000000163. The van der Waals surface area contributed by atoms with E-state index in [9.17, 15) is 15.3 Å². The molecule has 3 heterocycles. The smallest absolute Gasteiger partial charge is 0.870 e. The Bertz CT molecular complexity index is 1630. The van der Waals surface area contributed by atoms with Crippen molar-refractivity contribution in [3.8, 4) is 17.2 Å². The Kier molecular flexibility index (Phi) is 12.6. The van der Waals surface area contributed by atoms with Gasteiger partial charge in [-0.05, 0) is 36.4 Å². The number of halogens is 6. The first-order chi connectivity index (χ1) is 18.6. The van der Waals surface area contributed by atoms with Crippen LogP contribution in [0.4, 0.5) is 0 Å². The maximum atomic E-state index is 11.6. The van der Waals surface area contributed by atoms with E-state index in [-0.39, 0.29) is 43.1 Å². The molecule has 0 amide bonds. The molecule has 0 saturated heterocycles. The number of benzene rings is 3. The minimum Gasteiger partial charge on any atom is -0.870 e. The number of hydrogen-bond acceptors (Lipinski definition) is 6. The first-order valence-corrected chi connectivity index (χ1v) is 15.5. The number of pyridine rings is 3. The molecule has 3 aromatic heterocycles. The standard InChI is InChI=1S/3C9H5Br2NO.In/c3*10-6-4-7(11)9(13)8-5(6)2-1-3-12-8;/h3*1-4,13H;/q;;;+3/p-3. The van der Waals surface area contributed by atoms with E-state index in [4.69, 9.17) is 0 Å². The molecule has 0 fully saturated rings. The fourth-order valence-corrected chi connectivity index (χ4v) is 7.26. The van der Waals surface area contributed by atoms with Crippen molar-refractivity contribution in [3.63, 3.8) is 0 Å². The molecule has 0 unspecified atom stereocenters. The van der Waals surface area contributed by atoms with E-state index in [2.05, 4.69) is 111 Å². The predicted octanol–water partition coefficient (Wildman–Crippen LogP) is 8.12. The third kappa shape index (κ3) is 7.51.